The van der Waals surface area contributed by atoms with Crippen molar-refractivity contribution in [3.8, 4) is 5.75 Å². The number of anilines is 1. The van der Waals surface area contributed by atoms with E-state index < -0.39 is 0 Å². The molecule has 3 aromatic carbocycles. The summed E-state index contributed by atoms with van der Waals surface area (Å²) >= 11 is 1.58. The Morgan fingerprint density at radius 1 is 0.826 bits per heavy atom. The zero-order valence-corrected chi connectivity index (χ0v) is 13.1. The molecule has 0 bridgehead atoms. The van der Waals surface area contributed by atoms with Crippen molar-refractivity contribution in [2.24, 2.45) is 0 Å². The summed E-state index contributed by atoms with van der Waals surface area (Å²) in [6.45, 7) is 0. The number of nitrogens with one attached hydrogen (secondary N) is 1. The first-order valence-corrected chi connectivity index (χ1v) is 7.97. The first-order valence-electron chi connectivity index (χ1n) is 7.15. The maximum atomic E-state index is 12.4. The van der Waals surface area contributed by atoms with Gasteiger partial charge in [-0.15, -0.1) is 0 Å². The Morgan fingerprint density at radius 2 is 1.48 bits per heavy atom. The fraction of sp³-hybridized carbons (Fsp3) is 0. The number of benzene rings is 3. The standard InChI is InChI=1S/C19H15NO2S/c21-17-12-6-4-10-15(17)19(22)20-16-11-5-7-13-18(16)23-14-8-2-1-3-9-14/h1-13,21H,(H,20,22). The van der Waals surface area contributed by atoms with Gasteiger partial charge in [0.05, 0.1) is 11.3 Å². The van der Waals surface area contributed by atoms with Gasteiger partial charge in [-0.25, -0.2) is 0 Å². The van der Waals surface area contributed by atoms with Gasteiger partial charge in [0.15, 0.2) is 0 Å². The average molecular weight is 321 g/mol. The molecule has 0 aliphatic carbocycles. The highest BCUT2D eigenvalue weighted by Gasteiger charge is 2.12. The number of para-hydroxylation sites is 2. The van der Waals surface area contributed by atoms with Crippen LogP contribution >= 0.6 is 11.8 Å². The molecule has 4 heteroatoms. The molecule has 0 spiro atoms. The fourth-order valence-corrected chi connectivity index (χ4v) is 3.05. The number of amides is 1. The highest BCUT2D eigenvalue weighted by atomic mass is 32.2. The quantitative estimate of drug-likeness (QED) is 0.726. The van der Waals surface area contributed by atoms with Crippen molar-refractivity contribution >= 4 is 23.4 Å². The molecule has 3 nitrogen and oxygen atoms in total. The Hall–Kier alpha value is -2.72. The van der Waals surface area contributed by atoms with Crippen LogP contribution in [0, 0.1) is 0 Å². The molecular weight excluding hydrogens is 306 g/mol. The van der Waals surface area contributed by atoms with Gasteiger partial charge < -0.3 is 10.4 Å². The predicted molar refractivity (Wildman–Crippen MR) is 93.1 cm³/mol. The maximum Gasteiger partial charge on any atom is 0.259 e. The number of carbonyl (C=O) groups is 1. The first kappa shape index (κ1) is 15.2. The number of hydrogen-bond acceptors (Lipinski definition) is 3. The molecule has 0 atom stereocenters. The third-order valence-corrected chi connectivity index (χ3v) is 4.34. The second kappa shape index (κ2) is 7.03. The lowest BCUT2D eigenvalue weighted by Crippen LogP contribution is -2.12. The molecule has 114 valence electrons. The molecule has 1 amide bonds. The summed E-state index contributed by atoms with van der Waals surface area (Å²) in [5.41, 5.74) is 0.974. The van der Waals surface area contributed by atoms with Gasteiger partial charge in [0, 0.05) is 9.79 Å². The van der Waals surface area contributed by atoms with Crippen molar-refractivity contribution in [1.29, 1.82) is 0 Å². The number of phenolic OH excluding ortho intramolecular Hbond substituents is 1. The van der Waals surface area contributed by atoms with E-state index >= 15 is 0 Å². The minimum absolute atomic E-state index is 0.0295. The van der Waals surface area contributed by atoms with Crippen molar-refractivity contribution in [2.45, 2.75) is 9.79 Å². The molecule has 0 saturated heterocycles. The van der Waals surface area contributed by atoms with Crippen LogP contribution < -0.4 is 5.32 Å². The first-order chi connectivity index (χ1) is 11.2. The number of hydrogen-bond donors (Lipinski definition) is 2. The van der Waals surface area contributed by atoms with E-state index in [0.717, 1.165) is 15.5 Å². The van der Waals surface area contributed by atoms with Crippen molar-refractivity contribution in [2.75, 3.05) is 5.32 Å². The number of carbonyl (C=O) groups excluding carboxylic acids is 1. The molecule has 0 fully saturated rings. The van der Waals surface area contributed by atoms with E-state index in [2.05, 4.69) is 5.32 Å². The largest absolute Gasteiger partial charge is 0.507 e. The van der Waals surface area contributed by atoms with Gasteiger partial charge in [-0.3, -0.25) is 4.79 Å². The molecule has 0 radical (unpaired) electrons. The number of phenols is 1. The topological polar surface area (TPSA) is 49.3 Å². The molecule has 0 aromatic heterocycles. The third-order valence-electron chi connectivity index (χ3n) is 3.25. The van der Waals surface area contributed by atoms with Crippen molar-refractivity contribution < 1.29 is 9.90 Å². The highest BCUT2D eigenvalue weighted by molar-refractivity contribution is 7.99. The summed E-state index contributed by atoms with van der Waals surface area (Å²) in [4.78, 5) is 14.4. The van der Waals surface area contributed by atoms with Gasteiger partial charge in [0.2, 0.25) is 0 Å². The second-order valence-electron chi connectivity index (χ2n) is 4.88. The Bertz CT molecular complexity index is 818. The predicted octanol–water partition coefficient (Wildman–Crippen LogP) is 4.80. The van der Waals surface area contributed by atoms with Gasteiger partial charge >= 0.3 is 0 Å². The summed E-state index contributed by atoms with van der Waals surface area (Å²) < 4.78 is 0. The smallest absolute Gasteiger partial charge is 0.259 e. The average Bonchev–Trinajstić information content (AvgIpc) is 2.58. The van der Waals surface area contributed by atoms with Gasteiger partial charge in [0.1, 0.15) is 5.75 Å². The molecule has 0 heterocycles. The zero-order chi connectivity index (χ0) is 16.1. The number of rotatable bonds is 4. The summed E-state index contributed by atoms with van der Waals surface area (Å²) in [6, 6.07) is 24.1. The van der Waals surface area contributed by atoms with Crippen molar-refractivity contribution in [3.63, 3.8) is 0 Å². The molecule has 2 N–H and O–H groups in total. The molecule has 0 aliphatic heterocycles. The zero-order valence-electron chi connectivity index (χ0n) is 12.3. The van der Waals surface area contributed by atoms with Gasteiger partial charge in [-0.05, 0) is 36.4 Å². The fourth-order valence-electron chi connectivity index (χ4n) is 2.13. The van der Waals surface area contributed by atoms with Crippen LogP contribution in [0.3, 0.4) is 0 Å². The Kier molecular flexibility index (Phi) is 4.64. The normalized spacial score (nSPS) is 10.3. The van der Waals surface area contributed by atoms with Gasteiger partial charge in [-0.2, -0.15) is 0 Å². The molecule has 0 saturated carbocycles. The van der Waals surface area contributed by atoms with Crippen LogP contribution in [0.15, 0.2) is 88.7 Å². The number of aromatic hydroxyl groups is 1. The molecular formula is C19H15NO2S. The second-order valence-corrected chi connectivity index (χ2v) is 6.00. The van der Waals surface area contributed by atoms with Crippen molar-refractivity contribution in [1.82, 2.24) is 0 Å². The summed E-state index contributed by atoms with van der Waals surface area (Å²) in [5, 5.41) is 12.7. The van der Waals surface area contributed by atoms with Crippen LogP contribution in [0.1, 0.15) is 10.4 Å². The lowest BCUT2D eigenvalue weighted by atomic mass is 10.2. The lowest BCUT2D eigenvalue weighted by molar-refractivity contribution is 0.102. The molecule has 3 aromatic rings. The van der Waals surface area contributed by atoms with Crippen LogP contribution in [-0.4, -0.2) is 11.0 Å². The Labute approximate surface area is 139 Å². The third kappa shape index (κ3) is 3.73. The molecule has 0 aliphatic rings. The van der Waals surface area contributed by atoms with E-state index in [1.165, 1.54) is 6.07 Å². The minimum atomic E-state index is -0.329. The molecule has 0 unspecified atom stereocenters. The van der Waals surface area contributed by atoms with Crippen LogP contribution in [-0.2, 0) is 0 Å². The van der Waals surface area contributed by atoms with E-state index in [9.17, 15) is 9.90 Å². The van der Waals surface area contributed by atoms with E-state index in [1.54, 1.807) is 30.0 Å². The van der Waals surface area contributed by atoms with E-state index in [0.29, 0.717) is 0 Å². The maximum absolute atomic E-state index is 12.4. The monoisotopic (exact) mass is 321 g/mol. The Balaban J connectivity index is 1.84. The van der Waals surface area contributed by atoms with Crippen molar-refractivity contribution in [3.05, 3.63) is 84.4 Å². The summed E-state index contributed by atoms with van der Waals surface area (Å²) in [5.74, 6) is -0.359. The van der Waals surface area contributed by atoms with E-state index in [1.807, 2.05) is 54.6 Å². The molecule has 23 heavy (non-hydrogen) atoms. The summed E-state index contributed by atoms with van der Waals surface area (Å²) in [6.07, 6.45) is 0. The highest BCUT2D eigenvalue weighted by Crippen LogP contribution is 2.33. The van der Waals surface area contributed by atoms with E-state index in [4.69, 9.17) is 0 Å². The summed E-state index contributed by atoms with van der Waals surface area (Å²) in [7, 11) is 0. The van der Waals surface area contributed by atoms with Crippen LogP contribution in [0.5, 0.6) is 5.75 Å². The Morgan fingerprint density at radius 3 is 2.26 bits per heavy atom. The molecule has 3 rings (SSSR count). The van der Waals surface area contributed by atoms with E-state index in [-0.39, 0.29) is 17.2 Å². The SMILES string of the molecule is O=C(Nc1ccccc1Sc1ccccc1)c1ccccc1O. The van der Waals surface area contributed by atoms with Gasteiger partial charge in [-0.1, -0.05) is 54.2 Å². The minimum Gasteiger partial charge on any atom is -0.507 e. The van der Waals surface area contributed by atoms with Crippen LogP contribution in [0.2, 0.25) is 0 Å². The lowest BCUT2D eigenvalue weighted by Gasteiger charge is -2.11. The van der Waals surface area contributed by atoms with Crippen LogP contribution in [0.4, 0.5) is 5.69 Å². The van der Waals surface area contributed by atoms with Crippen LogP contribution in [0.25, 0.3) is 0 Å². The van der Waals surface area contributed by atoms with Gasteiger partial charge in [0.25, 0.3) is 5.91 Å².